The van der Waals surface area contributed by atoms with Crippen LogP contribution >= 0.6 is 15.9 Å². The normalized spacial score (nSPS) is 20.3. The highest BCUT2D eigenvalue weighted by atomic mass is 79.9. The van der Waals surface area contributed by atoms with E-state index in [4.69, 9.17) is 0 Å². The fourth-order valence-corrected chi connectivity index (χ4v) is 2.58. The fraction of sp³-hybridized carbons (Fsp3) is 0.727. The van der Waals surface area contributed by atoms with Crippen molar-refractivity contribution in [3.8, 4) is 0 Å². The standard InChI is InChI=1S/C11H17BrN2O/c1-3-14-10(9(12)6-13-14)11(15)7(2)8-4-5-8/h6-8,11,15H,3-5H2,1-2H3. The van der Waals surface area contributed by atoms with Crippen LogP contribution in [0.2, 0.25) is 0 Å². The van der Waals surface area contributed by atoms with E-state index < -0.39 is 6.10 Å². The van der Waals surface area contributed by atoms with Crippen LogP contribution in [-0.2, 0) is 6.54 Å². The quantitative estimate of drug-likeness (QED) is 0.916. The van der Waals surface area contributed by atoms with E-state index >= 15 is 0 Å². The third kappa shape index (κ3) is 2.11. The van der Waals surface area contributed by atoms with E-state index in [1.54, 1.807) is 6.20 Å². The van der Waals surface area contributed by atoms with Gasteiger partial charge in [0.15, 0.2) is 0 Å². The lowest BCUT2D eigenvalue weighted by molar-refractivity contribution is 0.0960. The summed E-state index contributed by atoms with van der Waals surface area (Å²) in [5, 5.41) is 14.5. The van der Waals surface area contributed by atoms with E-state index in [0.717, 1.165) is 16.7 Å². The maximum Gasteiger partial charge on any atom is 0.0996 e. The Labute approximate surface area is 98.6 Å². The molecule has 1 aromatic heterocycles. The van der Waals surface area contributed by atoms with Gasteiger partial charge in [0.05, 0.1) is 22.5 Å². The van der Waals surface area contributed by atoms with Gasteiger partial charge >= 0.3 is 0 Å². The molecule has 0 spiro atoms. The molecule has 1 aliphatic carbocycles. The second-order valence-electron chi connectivity index (χ2n) is 4.33. The molecule has 1 fully saturated rings. The highest BCUT2D eigenvalue weighted by Crippen LogP contribution is 2.43. The fourth-order valence-electron chi connectivity index (χ4n) is 2.05. The number of aromatic nitrogens is 2. The summed E-state index contributed by atoms with van der Waals surface area (Å²) in [4.78, 5) is 0. The minimum absolute atomic E-state index is 0.336. The molecule has 2 rings (SSSR count). The summed E-state index contributed by atoms with van der Waals surface area (Å²) in [6.07, 6.45) is 3.89. The minimum Gasteiger partial charge on any atom is -0.386 e. The monoisotopic (exact) mass is 272 g/mol. The van der Waals surface area contributed by atoms with Crippen molar-refractivity contribution in [1.29, 1.82) is 0 Å². The number of aliphatic hydroxyl groups is 1. The zero-order valence-electron chi connectivity index (χ0n) is 9.15. The molecule has 1 heterocycles. The van der Waals surface area contributed by atoms with E-state index in [2.05, 4.69) is 28.0 Å². The van der Waals surface area contributed by atoms with Crippen LogP contribution in [0, 0.1) is 11.8 Å². The van der Waals surface area contributed by atoms with Gasteiger partial charge in [0.2, 0.25) is 0 Å². The van der Waals surface area contributed by atoms with Crippen molar-refractivity contribution < 1.29 is 5.11 Å². The SMILES string of the molecule is CCn1ncc(Br)c1C(O)C(C)C1CC1. The Morgan fingerprint density at radius 2 is 2.33 bits per heavy atom. The summed E-state index contributed by atoms with van der Waals surface area (Å²) < 4.78 is 2.79. The molecule has 2 unspecified atom stereocenters. The van der Waals surface area contributed by atoms with Crippen LogP contribution in [-0.4, -0.2) is 14.9 Å². The van der Waals surface area contributed by atoms with Gasteiger partial charge in [-0.2, -0.15) is 5.10 Å². The second-order valence-corrected chi connectivity index (χ2v) is 5.19. The summed E-state index contributed by atoms with van der Waals surface area (Å²) in [6.45, 7) is 4.97. The van der Waals surface area contributed by atoms with Gasteiger partial charge in [-0.1, -0.05) is 6.92 Å². The maximum absolute atomic E-state index is 10.3. The lowest BCUT2D eigenvalue weighted by Crippen LogP contribution is -2.16. The van der Waals surface area contributed by atoms with Crippen LogP contribution in [0.1, 0.15) is 38.5 Å². The van der Waals surface area contributed by atoms with Gasteiger partial charge in [0.25, 0.3) is 0 Å². The van der Waals surface area contributed by atoms with Crippen LogP contribution in [0.4, 0.5) is 0 Å². The van der Waals surface area contributed by atoms with E-state index in [-0.39, 0.29) is 0 Å². The molecular weight excluding hydrogens is 256 g/mol. The third-order valence-electron chi connectivity index (χ3n) is 3.28. The number of aryl methyl sites for hydroxylation is 1. The Kier molecular flexibility index (Phi) is 3.16. The van der Waals surface area contributed by atoms with E-state index in [1.807, 2.05) is 11.6 Å². The van der Waals surface area contributed by atoms with Crippen molar-refractivity contribution in [1.82, 2.24) is 9.78 Å². The first-order valence-corrected chi connectivity index (χ1v) is 6.33. The number of hydrogen-bond donors (Lipinski definition) is 1. The first-order valence-electron chi connectivity index (χ1n) is 5.54. The van der Waals surface area contributed by atoms with Crippen molar-refractivity contribution in [3.05, 3.63) is 16.4 Å². The summed E-state index contributed by atoms with van der Waals surface area (Å²) >= 11 is 3.45. The molecule has 4 heteroatoms. The van der Waals surface area contributed by atoms with Gasteiger partial charge in [0, 0.05) is 6.54 Å². The number of hydrogen-bond acceptors (Lipinski definition) is 2. The first-order chi connectivity index (χ1) is 7.15. The topological polar surface area (TPSA) is 38.0 Å². The largest absolute Gasteiger partial charge is 0.386 e. The molecule has 0 aromatic carbocycles. The average molecular weight is 273 g/mol. The maximum atomic E-state index is 10.3. The van der Waals surface area contributed by atoms with E-state index in [1.165, 1.54) is 12.8 Å². The van der Waals surface area contributed by atoms with Gasteiger partial charge in [-0.05, 0) is 47.5 Å². The highest BCUT2D eigenvalue weighted by Gasteiger charge is 2.35. The second kappa shape index (κ2) is 4.26. The van der Waals surface area contributed by atoms with Gasteiger partial charge in [-0.25, -0.2) is 0 Å². The molecule has 3 nitrogen and oxygen atoms in total. The number of halogens is 1. The molecule has 84 valence electrons. The van der Waals surface area contributed by atoms with Crippen LogP contribution in [0.25, 0.3) is 0 Å². The Balaban J connectivity index is 2.22. The molecule has 15 heavy (non-hydrogen) atoms. The Morgan fingerprint density at radius 3 is 2.87 bits per heavy atom. The van der Waals surface area contributed by atoms with Crippen LogP contribution in [0.3, 0.4) is 0 Å². The van der Waals surface area contributed by atoms with E-state index in [9.17, 15) is 5.11 Å². The first kappa shape index (κ1) is 11.1. The van der Waals surface area contributed by atoms with Crippen LogP contribution < -0.4 is 0 Å². The summed E-state index contributed by atoms with van der Waals surface area (Å²) in [7, 11) is 0. The van der Waals surface area contributed by atoms with Gasteiger partial charge in [-0.3, -0.25) is 4.68 Å². The molecule has 1 aromatic rings. The van der Waals surface area contributed by atoms with Crippen molar-refractivity contribution >= 4 is 15.9 Å². The Morgan fingerprint density at radius 1 is 1.67 bits per heavy atom. The van der Waals surface area contributed by atoms with Crippen molar-refractivity contribution in [2.75, 3.05) is 0 Å². The highest BCUT2D eigenvalue weighted by molar-refractivity contribution is 9.10. The Hall–Kier alpha value is -0.350. The molecule has 0 amide bonds. The van der Waals surface area contributed by atoms with Crippen LogP contribution in [0.5, 0.6) is 0 Å². The summed E-state index contributed by atoms with van der Waals surface area (Å²) in [5.41, 5.74) is 0.928. The molecule has 0 saturated heterocycles. The molecule has 1 N–H and O–H groups in total. The minimum atomic E-state index is -0.394. The summed E-state index contributed by atoms with van der Waals surface area (Å²) in [5.74, 6) is 1.04. The van der Waals surface area contributed by atoms with Crippen LogP contribution in [0.15, 0.2) is 10.7 Å². The molecule has 1 saturated carbocycles. The van der Waals surface area contributed by atoms with Gasteiger partial charge in [0.1, 0.15) is 0 Å². The molecule has 0 aliphatic heterocycles. The molecule has 0 bridgehead atoms. The zero-order chi connectivity index (χ0) is 11.0. The molecule has 2 atom stereocenters. The molecule has 1 aliphatic rings. The van der Waals surface area contributed by atoms with Crippen molar-refractivity contribution in [2.24, 2.45) is 11.8 Å². The smallest absolute Gasteiger partial charge is 0.0996 e. The van der Waals surface area contributed by atoms with Crippen molar-refractivity contribution in [2.45, 2.75) is 39.3 Å². The lowest BCUT2D eigenvalue weighted by atomic mass is 9.97. The average Bonchev–Trinajstić information content (AvgIpc) is 3.00. The third-order valence-corrected chi connectivity index (χ3v) is 3.89. The van der Waals surface area contributed by atoms with Crippen molar-refractivity contribution in [3.63, 3.8) is 0 Å². The lowest BCUT2D eigenvalue weighted by Gasteiger charge is -2.19. The molecule has 0 radical (unpaired) electrons. The summed E-state index contributed by atoms with van der Waals surface area (Å²) in [6, 6.07) is 0. The number of nitrogens with zero attached hydrogens (tertiary/aromatic N) is 2. The van der Waals surface area contributed by atoms with E-state index in [0.29, 0.717) is 11.8 Å². The predicted molar refractivity (Wildman–Crippen MR) is 62.4 cm³/mol. The number of rotatable bonds is 4. The molecular formula is C11H17BrN2O. The van der Waals surface area contributed by atoms with Gasteiger partial charge < -0.3 is 5.11 Å². The Bertz CT molecular complexity index is 346. The predicted octanol–water partition coefficient (Wildman–Crippen LogP) is 2.75. The van der Waals surface area contributed by atoms with Gasteiger partial charge in [-0.15, -0.1) is 0 Å². The zero-order valence-corrected chi connectivity index (χ0v) is 10.7. The number of aliphatic hydroxyl groups excluding tert-OH is 1.